The summed E-state index contributed by atoms with van der Waals surface area (Å²) >= 11 is 0. The van der Waals surface area contributed by atoms with Crippen LogP contribution in [0.25, 0.3) is 5.69 Å². The van der Waals surface area contributed by atoms with Gasteiger partial charge in [0.1, 0.15) is 0 Å². The van der Waals surface area contributed by atoms with E-state index in [0.29, 0.717) is 17.1 Å². The summed E-state index contributed by atoms with van der Waals surface area (Å²) in [5.74, 6) is 1.13. The third-order valence-electron chi connectivity index (χ3n) is 4.44. The molecule has 1 amide bonds. The van der Waals surface area contributed by atoms with Crippen molar-refractivity contribution in [1.29, 1.82) is 0 Å². The molecule has 0 fully saturated rings. The second-order valence-electron chi connectivity index (χ2n) is 6.31. The van der Waals surface area contributed by atoms with Gasteiger partial charge >= 0.3 is 0 Å². The van der Waals surface area contributed by atoms with Gasteiger partial charge < -0.3 is 14.0 Å². The van der Waals surface area contributed by atoms with E-state index >= 15 is 0 Å². The number of nitrogens with one attached hydrogen (secondary N) is 1. The number of benzene rings is 2. The number of amides is 1. The lowest BCUT2D eigenvalue weighted by molar-refractivity contribution is 0.0955. The molecule has 1 N–H and O–H groups in total. The van der Waals surface area contributed by atoms with Crippen molar-refractivity contribution in [3.8, 4) is 17.2 Å². The first-order valence-electron chi connectivity index (χ1n) is 8.60. The van der Waals surface area contributed by atoms with E-state index in [4.69, 9.17) is 9.47 Å². The zero-order valence-corrected chi connectivity index (χ0v) is 15.1. The molecule has 2 heterocycles. The van der Waals surface area contributed by atoms with Crippen LogP contribution in [0.4, 0.5) is 0 Å². The molecule has 0 bridgehead atoms. The molecule has 27 heavy (non-hydrogen) atoms. The molecular formula is C21H19N3O3. The Hall–Kier alpha value is -3.54. The molecule has 136 valence electrons. The topological polar surface area (TPSA) is 64.9 Å². The average Bonchev–Trinajstić information content (AvgIpc) is 3.27. The maximum absolute atomic E-state index is 12.3. The molecule has 6 heteroatoms. The van der Waals surface area contributed by atoms with Crippen molar-refractivity contribution in [2.75, 3.05) is 6.79 Å². The minimum Gasteiger partial charge on any atom is -0.454 e. The smallest absolute Gasteiger partial charge is 0.271 e. The second-order valence-corrected chi connectivity index (χ2v) is 6.31. The fourth-order valence-electron chi connectivity index (χ4n) is 3.06. The number of rotatable bonds is 4. The van der Waals surface area contributed by atoms with Crippen molar-refractivity contribution >= 4 is 12.1 Å². The van der Waals surface area contributed by atoms with Crippen molar-refractivity contribution < 1.29 is 14.3 Å². The van der Waals surface area contributed by atoms with Gasteiger partial charge in [-0.1, -0.05) is 0 Å². The number of ether oxygens (including phenoxy) is 2. The summed E-state index contributed by atoms with van der Waals surface area (Å²) in [7, 11) is 0. The van der Waals surface area contributed by atoms with E-state index < -0.39 is 0 Å². The maximum atomic E-state index is 12.3. The number of carbonyl (C=O) groups excluding carboxylic acids is 1. The summed E-state index contributed by atoms with van der Waals surface area (Å²) in [5.41, 5.74) is 7.23. The molecular weight excluding hydrogens is 342 g/mol. The van der Waals surface area contributed by atoms with E-state index in [0.717, 1.165) is 22.6 Å². The molecule has 3 aromatic rings. The standard InChI is InChI=1S/C21H19N3O3/c1-14-3-4-15(2)24(14)18-8-6-17(7-9-18)21(25)23-22-12-16-5-10-19-20(11-16)27-13-26-19/h3-12H,13H2,1-2H3,(H,23,25). The molecule has 0 saturated carbocycles. The van der Waals surface area contributed by atoms with E-state index in [1.54, 1.807) is 18.3 Å². The van der Waals surface area contributed by atoms with Crippen LogP contribution in [-0.4, -0.2) is 23.5 Å². The number of nitrogens with zero attached hydrogens (tertiary/aromatic N) is 2. The van der Waals surface area contributed by atoms with Crippen LogP contribution in [0, 0.1) is 13.8 Å². The van der Waals surface area contributed by atoms with Crippen LogP contribution in [-0.2, 0) is 0 Å². The van der Waals surface area contributed by atoms with Crippen molar-refractivity contribution in [1.82, 2.24) is 9.99 Å². The van der Waals surface area contributed by atoms with Crippen LogP contribution in [0.1, 0.15) is 27.3 Å². The van der Waals surface area contributed by atoms with Crippen LogP contribution in [0.5, 0.6) is 11.5 Å². The lowest BCUT2D eigenvalue weighted by Crippen LogP contribution is -2.17. The highest BCUT2D eigenvalue weighted by Crippen LogP contribution is 2.31. The van der Waals surface area contributed by atoms with Crippen LogP contribution >= 0.6 is 0 Å². The molecule has 6 nitrogen and oxygen atoms in total. The summed E-state index contributed by atoms with van der Waals surface area (Å²) < 4.78 is 12.7. The predicted octanol–water partition coefficient (Wildman–Crippen LogP) is 3.59. The Kier molecular flexibility index (Phi) is 4.38. The Morgan fingerprint density at radius 1 is 1.00 bits per heavy atom. The Morgan fingerprint density at radius 3 is 2.44 bits per heavy atom. The average molecular weight is 361 g/mol. The minimum absolute atomic E-state index is 0.227. The van der Waals surface area contributed by atoms with Gasteiger partial charge in [-0.2, -0.15) is 5.10 Å². The van der Waals surface area contributed by atoms with Gasteiger partial charge in [-0.05, 0) is 74.0 Å². The van der Waals surface area contributed by atoms with Gasteiger partial charge in [-0.3, -0.25) is 4.79 Å². The Labute approximate surface area is 157 Å². The lowest BCUT2D eigenvalue weighted by Gasteiger charge is -2.10. The number of aryl methyl sites for hydroxylation is 2. The van der Waals surface area contributed by atoms with E-state index in [-0.39, 0.29) is 12.7 Å². The Balaban J connectivity index is 1.42. The van der Waals surface area contributed by atoms with E-state index in [1.807, 2.05) is 30.3 Å². The molecule has 0 atom stereocenters. The first-order valence-corrected chi connectivity index (χ1v) is 8.60. The van der Waals surface area contributed by atoms with Crippen molar-refractivity contribution in [2.45, 2.75) is 13.8 Å². The van der Waals surface area contributed by atoms with Gasteiger partial charge in [0.25, 0.3) is 5.91 Å². The fraction of sp³-hybridized carbons (Fsp3) is 0.143. The van der Waals surface area contributed by atoms with E-state index in [1.165, 1.54) is 0 Å². The molecule has 2 aromatic carbocycles. The van der Waals surface area contributed by atoms with Gasteiger partial charge in [0.15, 0.2) is 11.5 Å². The maximum Gasteiger partial charge on any atom is 0.271 e. The third kappa shape index (κ3) is 3.42. The number of fused-ring (bicyclic) bond motifs is 1. The van der Waals surface area contributed by atoms with Crippen LogP contribution in [0.15, 0.2) is 59.7 Å². The summed E-state index contributed by atoms with van der Waals surface area (Å²) in [5, 5.41) is 4.02. The number of hydrazone groups is 1. The highest BCUT2D eigenvalue weighted by molar-refractivity contribution is 5.95. The summed E-state index contributed by atoms with van der Waals surface area (Å²) in [6, 6.07) is 17.1. The molecule has 0 radical (unpaired) electrons. The molecule has 4 rings (SSSR count). The first kappa shape index (κ1) is 16.9. The number of hydrogen-bond acceptors (Lipinski definition) is 4. The van der Waals surface area contributed by atoms with Crippen molar-refractivity contribution in [2.24, 2.45) is 5.10 Å². The van der Waals surface area contributed by atoms with Crippen LogP contribution in [0.3, 0.4) is 0 Å². The predicted molar refractivity (Wildman–Crippen MR) is 103 cm³/mol. The fourth-order valence-corrected chi connectivity index (χ4v) is 3.06. The van der Waals surface area contributed by atoms with Gasteiger partial charge in [0.05, 0.1) is 6.21 Å². The van der Waals surface area contributed by atoms with Gasteiger partial charge in [0.2, 0.25) is 6.79 Å². The zero-order valence-electron chi connectivity index (χ0n) is 15.1. The van der Waals surface area contributed by atoms with Gasteiger partial charge in [0, 0.05) is 22.6 Å². The van der Waals surface area contributed by atoms with Gasteiger partial charge in [-0.25, -0.2) is 5.43 Å². The summed E-state index contributed by atoms with van der Waals surface area (Å²) in [6.07, 6.45) is 1.57. The summed E-state index contributed by atoms with van der Waals surface area (Å²) in [6.45, 7) is 4.33. The summed E-state index contributed by atoms with van der Waals surface area (Å²) in [4.78, 5) is 12.3. The highest BCUT2D eigenvalue weighted by Gasteiger charge is 2.12. The molecule has 0 unspecified atom stereocenters. The molecule has 1 aromatic heterocycles. The lowest BCUT2D eigenvalue weighted by atomic mass is 10.2. The van der Waals surface area contributed by atoms with Crippen LogP contribution < -0.4 is 14.9 Å². The molecule has 1 aliphatic rings. The number of hydrogen-bond donors (Lipinski definition) is 1. The van der Waals surface area contributed by atoms with Crippen molar-refractivity contribution in [3.05, 3.63) is 77.1 Å². The Bertz CT molecular complexity index is 1000. The normalized spacial score (nSPS) is 12.5. The van der Waals surface area contributed by atoms with Crippen LogP contribution in [0.2, 0.25) is 0 Å². The van der Waals surface area contributed by atoms with E-state index in [9.17, 15) is 4.79 Å². The second kappa shape index (κ2) is 6.99. The molecule has 0 aliphatic carbocycles. The highest BCUT2D eigenvalue weighted by atomic mass is 16.7. The minimum atomic E-state index is -0.264. The first-order chi connectivity index (χ1) is 13.1. The SMILES string of the molecule is Cc1ccc(C)n1-c1ccc(C(=O)NN=Cc2ccc3c(c2)OCO3)cc1. The Morgan fingerprint density at radius 2 is 1.70 bits per heavy atom. The monoisotopic (exact) mass is 361 g/mol. The third-order valence-corrected chi connectivity index (χ3v) is 4.44. The quantitative estimate of drug-likeness (QED) is 0.571. The number of aromatic nitrogens is 1. The van der Waals surface area contributed by atoms with Gasteiger partial charge in [-0.15, -0.1) is 0 Å². The zero-order chi connectivity index (χ0) is 18.8. The van der Waals surface area contributed by atoms with Crippen molar-refractivity contribution in [3.63, 3.8) is 0 Å². The molecule has 0 saturated heterocycles. The molecule has 0 spiro atoms. The number of carbonyl (C=O) groups is 1. The largest absolute Gasteiger partial charge is 0.454 e. The van der Waals surface area contributed by atoms with E-state index in [2.05, 4.69) is 41.1 Å². The molecule has 1 aliphatic heterocycles.